The maximum Gasteiger partial charge on any atom is 0.143 e. The Labute approximate surface area is 223 Å². The molecule has 4 aromatic rings. The monoisotopic (exact) mass is 537 g/mol. The largest absolute Gasteiger partial charge is 0.359 e. The van der Waals surface area contributed by atoms with Crippen LogP contribution < -0.4 is 0 Å². The number of nitrogens with zero attached hydrogens (tertiary/aromatic N) is 1. The number of hydrogen-bond donors (Lipinski definition) is 0. The normalized spacial score (nSPS) is 20.0. The Kier molecular flexibility index (Phi) is 7.52. The molecular weight excluding hydrogens is 506 g/mol. The lowest BCUT2D eigenvalue weighted by Gasteiger charge is -2.55. The van der Waals surface area contributed by atoms with Crippen molar-refractivity contribution in [2.24, 2.45) is 0 Å². The van der Waals surface area contributed by atoms with Gasteiger partial charge < -0.3 is 4.74 Å². The van der Waals surface area contributed by atoms with Crippen molar-refractivity contribution >= 4 is 15.9 Å². The minimum Gasteiger partial charge on any atom is -0.359 e. The Morgan fingerprint density at radius 3 is 1.69 bits per heavy atom. The Hall–Kier alpha value is -2.98. The van der Waals surface area contributed by atoms with Gasteiger partial charge in [0, 0.05) is 29.0 Å². The zero-order chi connectivity index (χ0) is 25.0. The van der Waals surface area contributed by atoms with E-state index in [4.69, 9.17) is 4.74 Å². The van der Waals surface area contributed by atoms with Crippen LogP contribution in [0.2, 0.25) is 0 Å². The molecule has 1 aliphatic rings. The van der Waals surface area contributed by atoms with Gasteiger partial charge in [-0.15, -0.1) is 6.58 Å². The second-order valence-electron chi connectivity index (χ2n) is 9.46. The summed E-state index contributed by atoms with van der Waals surface area (Å²) < 4.78 is 8.31. The van der Waals surface area contributed by atoms with Crippen molar-refractivity contribution < 1.29 is 4.74 Å². The molecule has 0 bridgehead atoms. The average molecular weight is 539 g/mol. The molecule has 2 nitrogen and oxygen atoms in total. The maximum atomic E-state index is 7.21. The molecule has 0 N–H and O–H groups in total. The highest BCUT2D eigenvalue weighted by Gasteiger charge is 2.48. The maximum absolute atomic E-state index is 7.21. The summed E-state index contributed by atoms with van der Waals surface area (Å²) in [5.41, 5.74) is 4.03. The summed E-state index contributed by atoms with van der Waals surface area (Å²) in [6.07, 6.45) is 2.00. The van der Waals surface area contributed by atoms with Crippen LogP contribution in [-0.2, 0) is 10.3 Å². The van der Waals surface area contributed by atoms with E-state index in [-0.39, 0.29) is 6.04 Å². The predicted octanol–water partition coefficient (Wildman–Crippen LogP) is 7.80. The van der Waals surface area contributed by atoms with Crippen LogP contribution in [0.3, 0.4) is 0 Å². The first kappa shape index (κ1) is 24.7. The lowest BCUT2D eigenvalue weighted by Crippen LogP contribution is -2.63. The van der Waals surface area contributed by atoms with Crippen LogP contribution in [0.1, 0.15) is 35.1 Å². The van der Waals surface area contributed by atoms with Crippen molar-refractivity contribution in [3.8, 4) is 0 Å². The number of halogens is 1. The minimum atomic E-state index is -0.716. The van der Waals surface area contributed by atoms with Crippen LogP contribution in [0.4, 0.5) is 0 Å². The first-order valence-corrected chi connectivity index (χ1v) is 13.4. The number of ether oxygens (including phenoxy) is 1. The van der Waals surface area contributed by atoms with E-state index in [1.165, 1.54) is 5.56 Å². The van der Waals surface area contributed by atoms with Gasteiger partial charge in [0.15, 0.2) is 0 Å². The van der Waals surface area contributed by atoms with E-state index in [1.54, 1.807) is 0 Å². The van der Waals surface area contributed by atoms with Crippen LogP contribution in [-0.4, -0.2) is 30.1 Å². The molecule has 1 saturated heterocycles. The quantitative estimate of drug-likeness (QED) is 0.159. The SMILES string of the molecule is C=CCN1[C@H](COC(c2ccccc2)(c2ccccc2)c2ccccc2)[C@@H](c2ccc(Br)cc2)[C@@H]1C. The molecular formula is C33H32BrNO. The zero-order valence-corrected chi connectivity index (χ0v) is 22.2. The lowest BCUT2D eigenvalue weighted by molar-refractivity contribution is -0.0840. The molecule has 5 rings (SSSR count). The van der Waals surface area contributed by atoms with Gasteiger partial charge >= 0.3 is 0 Å². The summed E-state index contributed by atoms with van der Waals surface area (Å²) in [5, 5.41) is 0. The molecule has 0 amide bonds. The summed E-state index contributed by atoms with van der Waals surface area (Å²) >= 11 is 3.59. The molecule has 0 radical (unpaired) electrons. The van der Waals surface area contributed by atoms with Crippen LogP contribution in [0.25, 0.3) is 0 Å². The van der Waals surface area contributed by atoms with Crippen molar-refractivity contribution in [3.63, 3.8) is 0 Å². The van der Waals surface area contributed by atoms with Crippen molar-refractivity contribution in [2.75, 3.05) is 13.2 Å². The Morgan fingerprint density at radius 1 is 0.778 bits per heavy atom. The second kappa shape index (κ2) is 11.0. The van der Waals surface area contributed by atoms with Crippen LogP contribution in [0, 0.1) is 0 Å². The molecule has 4 aromatic carbocycles. The first-order chi connectivity index (χ1) is 17.6. The van der Waals surface area contributed by atoms with Crippen molar-refractivity contribution in [1.29, 1.82) is 0 Å². The molecule has 1 heterocycles. The highest BCUT2D eigenvalue weighted by molar-refractivity contribution is 9.10. The van der Waals surface area contributed by atoms with Crippen LogP contribution in [0.5, 0.6) is 0 Å². The van der Waals surface area contributed by atoms with Gasteiger partial charge in [0.05, 0.1) is 6.61 Å². The lowest BCUT2D eigenvalue weighted by atomic mass is 9.75. The summed E-state index contributed by atoms with van der Waals surface area (Å²) in [7, 11) is 0. The van der Waals surface area contributed by atoms with Crippen LogP contribution in [0.15, 0.2) is 132 Å². The van der Waals surface area contributed by atoms with Gasteiger partial charge in [-0.25, -0.2) is 0 Å². The van der Waals surface area contributed by atoms with Crippen LogP contribution >= 0.6 is 15.9 Å². The van der Waals surface area contributed by atoms with Gasteiger partial charge in [0.2, 0.25) is 0 Å². The van der Waals surface area contributed by atoms with Crippen molar-refractivity contribution in [2.45, 2.75) is 30.5 Å². The average Bonchev–Trinajstić information content (AvgIpc) is 2.94. The molecule has 1 fully saturated rings. The topological polar surface area (TPSA) is 12.5 Å². The number of rotatable bonds is 9. The van der Waals surface area contributed by atoms with Gasteiger partial charge in [-0.2, -0.15) is 0 Å². The summed E-state index contributed by atoms with van der Waals surface area (Å²) in [4.78, 5) is 2.51. The van der Waals surface area contributed by atoms with Crippen molar-refractivity contribution in [1.82, 2.24) is 4.90 Å². The molecule has 3 heteroatoms. The third-order valence-electron chi connectivity index (χ3n) is 7.49. The summed E-state index contributed by atoms with van der Waals surface area (Å²) in [5.74, 6) is 0.387. The molecule has 36 heavy (non-hydrogen) atoms. The molecule has 3 atom stereocenters. The van der Waals surface area contributed by atoms with E-state index < -0.39 is 5.60 Å². The zero-order valence-electron chi connectivity index (χ0n) is 20.6. The molecule has 182 valence electrons. The first-order valence-electron chi connectivity index (χ1n) is 12.6. The van der Waals surface area contributed by atoms with Gasteiger partial charge in [0.25, 0.3) is 0 Å². The highest BCUT2D eigenvalue weighted by Crippen LogP contribution is 2.45. The Bertz CT molecular complexity index is 1160. The molecule has 0 aliphatic carbocycles. The molecule has 0 saturated carbocycles. The number of hydrogen-bond acceptors (Lipinski definition) is 2. The highest BCUT2D eigenvalue weighted by atomic mass is 79.9. The van der Waals surface area contributed by atoms with E-state index in [2.05, 4.69) is 150 Å². The number of benzene rings is 4. The fourth-order valence-corrected chi connectivity index (χ4v) is 6.01. The van der Waals surface area contributed by atoms with E-state index >= 15 is 0 Å². The van der Waals surface area contributed by atoms with Gasteiger partial charge in [-0.3, -0.25) is 4.90 Å². The smallest absolute Gasteiger partial charge is 0.143 e. The Morgan fingerprint density at radius 2 is 1.25 bits per heavy atom. The van der Waals surface area contributed by atoms with E-state index in [0.717, 1.165) is 27.7 Å². The summed E-state index contributed by atoms with van der Waals surface area (Å²) in [6, 6.07) is 41.2. The minimum absolute atomic E-state index is 0.245. The molecule has 0 unspecified atom stereocenters. The van der Waals surface area contributed by atoms with Gasteiger partial charge in [-0.1, -0.05) is 125 Å². The van der Waals surface area contributed by atoms with Crippen molar-refractivity contribution in [3.05, 3.63) is 155 Å². The fourth-order valence-electron chi connectivity index (χ4n) is 5.75. The molecule has 0 aromatic heterocycles. The van der Waals surface area contributed by atoms with E-state index in [9.17, 15) is 0 Å². The third-order valence-corrected chi connectivity index (χ3v) is 8.02. The molecule has 1 aliphatic heterocycles. The number of likely N-dealkylation sites (tertiary alicyclic amines) is 1. The van der Waals surface area contributed by atoms with E-state index in [1.807, 2.05) is 6.08 Å². The third kappa shape index (κ3) is 4.59. The van der Waals surface area contributed by atoms with Gasteiger partial charge in [0.1, 0.15) is 5.60 Å². The van der Waals surface area contributed by atoms with E-state index in [0.29, 0.717) is 18.6 Å². The summed E-state index contributed by atoms with van der Waals surface area (Å²) in [6.45, 7) is 7.77. The standard InChI is InChI=1S/C33H32BrNO/c1-3-23-35-25(2)32(26-19-21-30(34)22-20-26)31(35)24-36-33(27-13-7-4-8-14-27,28-15-9-5-10-16-28)29-17-11-6-12-18-29/h3-22,25,31-32H,1,23-24H2,2H3/t25-,31+,32+/m0/s1. The fraction of sp³-hybridized carbons (Fsp3) is 0.212. The predicted molar refractivity (Wildman–Crippen MR) is 152 cm³/mol. The second-order valence-corrected chi connectivity index (χ2v) is 10.4. The molecule has 0 spiro atoms. The van der Waals surface area contributed by atoms with Gasteiger partial charge in [-0.05, 0) is 41.3 Å². The Balaban J connectivity index is 1.57.